The van der Waals surface area contributed by atoms with Crippen LogP contribution in [0.5, 0.6) is 0 Å². The summed E-state index contributed by atoms with van der Waals surface area (Å²) in [5.74, 6) is -1.10. The fourth-order valence-electron chi connectivity index (χ4n) is 1.87. The second-order valence-corrected chi connectivity index (χ2v) is 6.07. The molecule has 1 N–H and O–H groups in total. The van der Waals surface area contributed by atoms with Crippen molar-refractivity contribution in [2.24, 2.45) is 0 Å². The summed E-state index contributed by atoms with van der Waals surface area (Å²) >= 11 is 1.60. The molecule has 0 saturated carbocycles. The Morgan fingerprint density at radius 1 is 1.30 bits per heavy atom. The number of likely N-dealkylation sites (N-methyl/N-ethyl adjacent to an activating group) is 1. The minimum absolute atomic E-state index is 0.129. The zero-order valence-electron chi connectivity index (χ0n) is 12.1. The lowest BCUT2D eigenvalue weighted by Gasteiger charge is -2.26. The van der Waals surface area contributed by atoms with Crippen LogP contribution in [0.1, 0.15) is 18.9 Å². The molecule has 20 heavy (non-hydrogen) atoms. The molecule has 0 aliphatic rings. The Hall–Kier alpha value is -1.49. The van der Waals surface area contributed by atoms with Gasteiger partial charge >= 0.3 is 5.97 Å². The quantitative estimate of drug-likeness (QED) is 0.838. The molecule has 0 spiro atoms. The van der Waals surface area contributed by atoms with Crippen molar-refractivity contribution < 1.29 is 14.7 Å². The van der Waals surface area contributed by atoms with Crippen LogP contribution in [-0.2, 0) is 16.0 Å². The number of nitrogens with zero attached hydrogens (tertiary/aromatic N) is 1. The molecule has 1 aromatic rings. The number of carboxylic acids is 1. The van der Waals surface area contributed by atoms with Crippen molar-refractivity contribution in [3.8, 4) is 0 Å². The van der Waals surface area contributed by atoms with Gasteiger partial charge < -0.3 is 10.0 Å². The van der Waals surface area contributed by atoms with Gasteiger partial charge in [0.1, 0.15) is 6.04 Å². The molecule has 0 radical (unpaired) electrons. The van der Waals surface area contributed by atoms with Crippen molar-refractivity contribution in [1.29, 1.82) is 0 Å². The van der Waals surface area contributed by atoms with Crippen LogP contribution in [-0.4, -0.2) is 46.5 Å². The van der Waals surface area contributed by atoms with Crippen LogP contribution >= 0.6 is 11.8 Å². The molecular formula is C15H21NO3S. The van der Waals surface area contributed by atoms with Crippen molar-refractivity contribution in [2.75, 3.05) is 13.3 Å². The molecular weight excluding hydrogens is 274 g/mol. The zero-order valence-corrected chi connectivity index (χ0v) is 12.9. The van der Waals surface area contributed by atoms with Crippen LogP contribution in [0.25, 0.3) is 0 Å². The molecule has 2 atom stereocenters. The molecule has 0 aromatic heterocycles. The number of aliphatic carboxylic acids is 1. The highest BCUT2D eigenvalue weighted by Crippen LogP contribution is 2.14. The van der Waals surface area contributed by atoms with E-state index in [1.807, 2.05) is 43.5 Å². The summed E-state index contributed by atoms with van der Waals surface area (Å²) in [4.78, 5) is 24.9. The van der Waals surface area contributed by atoms with Crippen molar-refractivity contribution in [3.05, 3.63) is 35.9 Å². The molecule has 1 amide bonds. The molecule has 5 heteroatoms. The minimum atomic E-state index is -0.971. The number of carbonyl (C=O) groups is 2. The second kappa shape index (κ2) is 7.94. The Morgan fingerprint density at radius 3 is 2.40 bits per heavy atom. The van der Waals surface area contributed by atoms with Crippen molar-refractivity contribution in [2.45, 2.75) is 31.1 Å². The summed E-state index contributed by atoms with van der Waals surface area (Å²) < 4.78 is 0. The summed E-state index contributed by atoms with van der Waals surface area (Å²) in [5, 5.41) is 9.54. The summed E-state index contributed by atoms with van der Waals surface area (Å²) in [6.07, 6.45) is 2.62. The molecule has 4 nitrogen and oxygen atoms in total. The van der Waals surface area contributed by atoms with Gasteiger partial charge in [-0.25, -0.2) is 4.79 Å². The Balaban J connectivity index is 2.75. The van der Waals surface area contributed by atoms with E-state index in [0.717, 1.165) is 5.56 Å². The van der Waals surface area contributed by atoms with E-state index >= 15 is 0 Å². The third kappa shape index (κ3) is 4.89. The number of thioether (sulfide) groups is 1. The summed E-state index contributed by atoms with van der Waals surface area (Å²) in [7, 11) is 1.57. The lowest BCUT2D eigenvalue weighted by atomic mass is 10.0. The van der Waals surface area contributed by atoms with Crippen LogP contribution < -0.4 is 0 Å². The third-order valence-electron chi connectivity index (χ3n) is 3.28. The van der Waals surface area contributed by atoms with E-state index in [-0.39, 0.29) is 11.2 Å². The molecule has 0 saturated heterocycles. The van der Waals surface area contributed by atoms with E-state index in [9.17, 15) is 14.7 Å². The number of hydrogen-bond donors (Lipinski definition) is 1. The molecule has 0 heterocycles. The predicted molar refractivity (Wildman–Crippen MR) is 81.9 cm³/mol. The van der Waals surface area contributed by atoms with Crippen LogP contribution in [0, 0.1) is 0 Å². The molecule has 0 aliphatic carbocycles. The maximum Gasteiger partial charge on any atom is 0.326 e. The molecule has 0 aliphatic heterocycles. The summed E-state index contributed by atoms with van der Waals surface area (Å²) in [6, 6.07) is 8.54. The van der Waals surface area contributed by atoms with Gasteiger partial charge in [-0.2, -0.15) is 11.8 Å². The van der Waals surface area contributed by atoms with Crippen LogP contribution in [0.15, 0.2) is 30.3 Å². The van der Waals surface area contributed by atoms with E-state index in [2.05, 4.69) is 0 Å². The predicted octanol–water partition coefficient (Wildman–Crippen LogP) is 2.28. The fraction of sp³-hybridized carbons (Fsp3) is 0.467. The highest BCUT2D eigenvalue weighted by Gasteiger charge is 2.27. The number of carboxylic acid groups (broad SMARTS) is 1. The van der Waals surface area contributed by atoms with Crippen LogP contribution in [0.3, 0.4) is 0 Å². The first-order valence-electron chi connectivity index (χ1n) is 6.51. The minimum Gasteiger partial charge on any atom is -0.480 e. The first-order chi connectivity index (χ1) is 9.45. The van der Waals surface area contributed by atoms with E-state index in [1.54, 1.807) is 18.8 Å². The lowest BCUT2D eigenvalue weighted by Crippen LogP contribution is -2.44. The van der Waals surface area contributed by atoms with Gasteiger partial charge in [0.05, 0.1) is 0 Å². The number of carbonyl (C=O) groups excluding carboxylic acids is 1. The lowest BCUT2D eigenvalue weighted by molar-refractivity contribution is -0.149. The van der Waals surface area contributed by atoms with Gasteiger partial charge in [-0.05, 0) is 11.8 Å². The smallest absolute Gasteiger partial charge is 0.326 e. The first-order valence-corrected chi connectivity index (χ1v) is 7.79. The van der Waals surface area contributed by atoms with E-state index in [1.165, 1.54) is 4.90 Å². The number of rotatable bonds is 7. The normalized spacial score (nSPS) is 13.6. The first kappa shape index (κ1) is 16.6. The molecule has 1 rings (SSSR count). The topological polar surface area (TPSA) is 57.6 Å². The Kier molecular flexibility index (Phi) is 6.58. The zero-order chi connectivity index (χ0) is 15.1. The van der Waals surface area contributed by atoms with Crippen LogP contribution in [0.4, 0.5) is 0 Å². The average Bonchev–Trinajstić information content (AvgIpc) is 2.44. The van der Waals surface area contributed by atoms with E-state index in [0.29, 0.717) is 12.8 Å². The molecule has 2 unspecified atom stereocenters. The SMILES string of the molecule is CSC(C)CC(=O)N(C)C(Cc1ccccc1)C(=O)O. The Labute approximate surface area is 124 Å². The van der Waals surface area contributed by atoms with Gasteiger partial charge in [0.2, 0.25) is 5.91 Å². The molecule has 110 valence electrons. The number of amides is 1. The second-order valence-electron chi connectivity index (χ2n) is 4.80. The van der Waals surface area contributed by atoms with E-state index in [4.69, 9.17) is 0 Å². The van der Waals surface area contributed by atoms with Gasteiger partial charge in [0, 0.05) is 25.1 Å². The largest absolute Gasteiger partial charge is 0.480 e. The van der Waals surface area contributed by atoms with Gasteiger partial charge in [0.25, 0.3) is 0 Å². The standard InChI is InChI=1S/C15H21NO3S/c1-11(20-3)9-14(17)16(2)13(15(18)19)10-12-7-5-4-6-8-12/h4-8,11,13H,9-10H2,1-3H3,(H,18,19). The van der Waals surface area contributed by atoms with Crippen LogP contribution in [0.2, 0.25) is 0 Å². The third-order valence-corrected chi connectivity index (χ3v) is 4.25. The maximum absolute atomic E-state index is 12.1. The molecule has 1 aromatic carbocycles. The Morgan fingerprint density at radius 2 is 1.90 bits per heavy atom. The van der Waals surface area contributed by atoms with E-state index < -0.39 is 12.0 Å². The highest BCUT2D eigenvalue weighted by atomic mass is 32.2. The van der Waals surface area contributed by atoms with Gasteiger partial charge in [-0.1, -0.05) is 37.3 Å². The van der Waals surface area contributed by atoms with Gasteiger partial charge in [-0.3, -0.25) is 4.79 Å². The van der Waals surface area contributed by atoms with Crippen molar-refractivity contribution >= 4 is 23.6 Å². The van der Waals surface area contributed by atoms with Crippen molar-refractivity contribution in [3.63, 3.8) is 0 Å². The van der Waals surface area contributed by atoms with Gasteiger partial charge in [0.15, 0.2) is 0 Å². The average molecular weight is 295 g/mol. The fourth-order valence-corrected chi connectivity index (χ4v) is 2.18. The number of hydrogen-bond acceptors (Lipinski definition) is 3. The Bertz CT molecular complexity index is 450. The van der Waals surface area contributed by atoms with Crippen molar-refractivity contribution in [1.82, 2.24) is 4.90 Å². The highest BCUT2D eigenvalue weighted by molar-refractivity contribution is 7.99. The maximum atomic E-state index is 12.1. The molecule has 0 fully saturated rings. The molecule has 0 bridgehead atoms. The van der Waals surface area contributed by atoms with Gasteiger partial charge in [-0.15, -0.1) is 0 Å². The monoisotopic (exact) mass is 295 g/mol. The summed E-state index contributed by atoms with van der Waals surface area (Å²) in [5.41, 5.74) is 0.914. The number of benzene rings is 1. The summed E-state index contributed by atoms with van der Waals surface area (Å²) in [6.45, 7) is 1.96.